The minimum absolute atomic E-state index is 0.0407. The van der Waals surface area contributed by atoms with Gasteiger partial charge in [0.25, 0.3) is 5.89 Å². The molecule has 1 atom stereocenters. The molecular weight excluding hydrogens is 388 g/mol. The number of likely N-dealkylation sites (tertiary alicyclic amines) is 1. The molecule has 152 valence electrons. The summed E-state index contributed by atoms with van der Waals surface area (Å²) in [7, 11) is 1.43. The third-order valence-corrected chi connectivity index (χ3v) is 4.98. The number of halogens is 1. The Labute approximate surface area is 166 Å². The van der Waals surface area contributed by atoms with Crippen LogP contribution in [0, 0.1) is 0 Å². The molecule has 1 saturated heterocycles. The largest absolute Gasteiger partial charge is 0.496 e. The van der Waals surface area contributed by atoms with Crippen LogP contribution < -0.4 is 21.0 Å². The zero-order chi connectivity index (χ0) is 20.3. The highest BCUT2D eigenvalue weighted by molar-refractivity contribution is 6.32. The average Bonchev–Trinajstić information content (AvgIpc) is 3.27. The lowest BCUT2D eigenvalue weighted by atomic mass is 10.2. The molecule has 1 fully saturated rings. The number of hydrogen-bond acceptors (Lipinski definition) is 7. The van der Waals surface area contributed by atoms with Crippen LogP contribution in [0.3, 0.4) is 0 Å². The lowest BCUT2D eigenvalue weighted by Gasteiger charge is -2.14. The van der Waals surface area contributed by atoms with Gasteiger partial charge in [-0.1, -0.05) is 24.9 Å². The summed E-state index contributed by atoms with van der Waals surface area (Å²) in [5.74, 6) is -0.127. The van der Waals surface area contributed by atoms with Crippen molar-refractivity contribution in [3.8, 4) is 23.0 Å². The summed E-state index contributed by atoms with van der Waals surface area (Å²) in [4.78, 5) is 25.7. The lowest BCUT2D eigenvalue weighted by Crippen LogP contribution is -2.26. The summed E-state index contributed by atoms with van der Waals surface area (Å²) in [6.07, 6.45) is 2.09. The van der Waals surface area contributed by atoms with Crippen LogP contribution in [0.4, 0.5) is 4.79 Å². The van der Waals surface area contributed by atoms with E-state index in [1.807, 2.05) is 0 Å². The molecule has 0 aliphatic carbocycles. The molecule has 2 N–H and O–H groups in total. The van der Waals surface area contributed by atoms with E-state index in [0.717, 1.165) is 38.9 Å². The van der Waals surface area contributed by atoms with E-state index in [-0.39, 0.29) is 28.5 Å². The predicted molar refractivity (Wildman–Crippen MR) is 103 cm³/mol. The molecule has 2 heterocycles. The number of nitrogens with two attached hydrogens (primary N) is 1. The van der Waals surface area contributed by atoms with Crippen LogP contribution in [0.5, 0.6) is 11.5 Å². The highest BCUT2D eigenvalue weighted by Gasteiger charge is 2.28. The zero-order valence-electron chi connectivity index (χ0n) is 15.8. The van der Waals surface area contributed by atoms with Gasteiger partial charge in [0.1, 0.15) is 5.75 Å². The van der Waals surface area contributed by atoms with Crippen molar-refractivity contribution in [1.82, 2.24) is 14.7 Å². The first-order chi connectivity index (χ1) is 13.4. The Bertz CT molecular complexity index is 910. The van der Waals surface area contributed by atoms with Crippen LogP contribution >= 0.6 is 11.6 Å². The van der Waals surface area contributed by atoms with Gasteiger partial charge in [0.15, 0.2) is 5.75 Å². The third kappa shape index (κ3) is 4.31. The Morgan fingerprint density at radius 3 is 2.89 bits per heavy atom. The van der Waals surface area contributed by atoms with E-state index in [0.29, 0.717) is 5.56 Å². The van der Waals surface area contributed by atoms with Gasteiger partial charge in [-0.05, 0) is 25.5 Å². The normalized spacial score (nSPS) is 17.0. The number of nitrogens with zero attached hydrogens (tertiary/aromatic N) is 3. The maximum atomic E-state index is 12.4. The van der Waals surface area contributed by atoms with E-state index in [1.165, 1.54) is 23.9 Å². The molecule has 2 aromatic rings. The van der Waals surface area contributed by atoms with Gasteiger partial charge in [-0.15, -0.1) is 5.10 Å². The van der Waals surface area contributed by atoms with Crippen molar-refractivity contribution in [1.29, 1.82) is 0 Å². The van der Waals surface area contributed by atoms with E-state index in [9.17, 15) is 9.59 Å². The zero-order valence-corrected chi connectivity index (χ0v) is 16.6. The van der Waals surface area contributed by atoms with E-state index in [2.05, 4.69) is 16.9 Å². The van der Waals surface area contributed by atoms with E-state index >= 15 is 0 Å². The Hall–Kier alpha value is -2.52. The molecule has 10 heteroatoms. The number of carbonyl (C=O) groups is 1. The molecule has 1 aliphatic heterocycles. The van der Waals surface area contributed by atoms with E-state index < -0.39 is 11.8 Å². The predicted octanol–water partition coefficient (Wildman–Crippen LogP) is 2.67. The van der Waals surface area contributed by atoms with Crippen LogP contribution in [0.15, 0.2) is 21.3 Å². The Morgan fingerprint density at radius 1 is 1.43 bits per heavy atom. The summed E-state index contributed by atoms with van der Waals surface area (Å²) in [6.45, 7) is 4.85. The fourth-order valence-corrected chi connectivity index (χ4v) is 3.48. The summed E-state index contributed by atoms with van der Waals surface area (Å²) < 4.78 is 16.9. The fourth-order valence-electron chi connectivity index (χ4n) is 3.28. The van der Waals surface area contributed by atoms with Crippen molar-refractivity contribution in [2.45, 2.75) is 32.2 Å². The van der Waals surface area contributed by atoms with Gasteiger partial charge >= 0.3 is 11.8 Å². The van der Waals surface area contributed by atoms with Gasteiger partial charge < -0.3 is 24.5 Å². The quantitative estimate of drug-likeness (QED) is 0.746. The Balaban J connectivity index is 1.88. The molecule has 1 aromatic heterocycles. The van der Waals surface area contributed by atoms with Crippen molar-refractivity contribution < 1.29 is 18.7 Å². The van der Waals surface area contributed by atoms with Crippen molar-refractivity contribution in [2.24, 2.45) is 5.73 Å². The third-order valence-electron chi connectivity index (χ3n) is 4.69. The molecule has 0 saturated carbocycles. The standard InChI is InChI=1S/C18H23ClN4O5/c1-3-4-6-22-7-5-11(10-22)23-18(25)28-16(21-23)12-8-13(19)15(27-17(20)24)9-14(12)26-2/h8-9,11H,3-7,10H2,1-2H3,(H2,20,24). The Kier molecular flexibility index (Phi) is 6.25. The summed E-state index contributed by atoms with van der Waals surface area (Å²) in [6, 6.07) is 2.81. The van der Waals surface area contributed by atoms with Crippen LogP contribution in [-0.2, 0) is 0 Å². The highest BCUT2D eigenvalue weighted by atomic mass is 35.5. The number of benzene rings is 1. The smallest absolute Gasteiger partial charge is 0.437 e. The number of unbranched alkanes of at least 4 members (excludes halogenated alkanes) is 1. The number of amides is 1. The Morgan fingerprint density at radius 2 is 2.21 bits per heavy atom. The molecule has 9 nitrogen and oxygen atoms in total. The number of carbonyl (C=O) groups excluding carboxylic acids is 1. The van der Waals surface area contributed by atoms with Crippen molar-refractivity contribution in [3.05, 3.63) is 27.7 Å². The second-order valence-corrected chi connectivity index (χ2v) is 7.03. The first kappa shape index (κ1) is 20.2. The SMILES string of the molecule is CCCCN1CCC(n2nc(-c3cc(Cl)c(OC(N)=O)cc3OC)oc2=O)C1. The molecule has 0 radical (unpaired) electrons. The maximum absolute atomic E-state index is 12.4. The summed E-state index contributed by atoms with van der Waals surface area (Å²) >= 11 is 6.14. The maximum Gasteiger partial charge on any atom is 0.437 e. The first-order valence-electron chi connectivity index (χ1n) is 9.10. The monoisotopic (exact) mass is 410 g/mol. The molecule has 28 heavy (non-hydrogen) atoms. The molecule has 1 amide bonds. The van der Waals surface area contributed by atoms with Crippen molar-refractivity contribution in [3.63, 3.8) is 0 Å². The van der Waals surface area contributed by atoms with E-state index in [4.69, 9.17) is 31.2 Å². The minimum Gasteiger partial charge on any atom is -0.496 e. The second kappa shape index (κ2) is 8.66. The molecule has 0 spiro atoms. The first-order valence-corrected chi connectivity index (χ1v) is 9.48. The number of ether oxygens (including phenoxy) is 2. The topological polar surface area (TPSA) is 113 Å². The molecule has 3 rings (SSSR count). The van der Waals surface area contributed by atoms with Crippen molar-refractivity contribution >= 4 is 17.7 Å². The fraction of sp³-hybridized carbons (Fsp3) is 0.500. The lowest BCUT2D eigenvalue weighted by molar-refractivity contribution is 0.210. The average molecular weight is 411 g/mol. The molecule has 1 unspecified atom stereocenters. The number of rotatable bonds is 7. The van der Waals surface area contributed by atoms with Gasteiger partial charge in [0, 0.05) is 19.2 Å². The van der Waals surface area contributed by atoms with Crippen LogP contribution in [0.1, 0.15) is 32.2 Å². The van der Waals surface area contributed by atoms with Gasteiger partial charge in [0.05, 0.1) is 23.7 Å². The van der Waals surface area contributed by atoms with Gasteiger partial charge in [0.2, 0.25) is 0 Å². The number of aromatic nitrogens is 2. The number of primary amides is 1. The molecular formula is C18H23ClN4O5. The van der Waals surface area contributed by atoms with Gasteiger partial charge in [-0.2, -0.15) is 4.68 Å². The number of methoxy groups -OCH3 is 1. The van der Waals surface area contributed by atoms with Crippen LogP contribution in [-0.4, -0.2) is 47.5 Å². The number of hydrogen-bond donors (Lipinski definition) is 1. The molecule has 0 bridgehead atoms. The van der Waals surface area contributed by atoms with Gasteiger partial charge in [-0.3, -0.25) is 0 Å². The van der Waals surface area contributed by atoms with Crippen LogP contribution in [0.2, 0.25) is 5.02 Å². The molecule has 1 aromatic carbocycles. The van der Waals surface area contributed by atoms with Gasteiger partial charge in [-0.25, -0.2) is 9.59 Å². The van der Waals surface area contributed by atoms with Crippen molar-refractivity contribution in [2.75, 3.05) is 26.7 Å². The van der Waals surface area contributed by atoms with E-state index in [1.54, 1.807) is 0 Å². The molecule has 1 aliphatic rings. The summed E-state index contributed by atoms with van der Waals surface area (Å²) in [5.41, 5.74) is 5.40. The highest BCUT2D eigenvalue weighted by Crippen LogP contribution is 2.38. The minimum atomic E-state index is -0.999. The summed E-state index contributed by atoms with van der Waals surface area (Å²) in [5, 5.41) is 4.47. The second-order valence-electron chi connectivity index (χ2n) is 6.62. The van der Waals surface area contributed by atoms with Crippen LogP contribution in [0.25, 0.3) is 11.5 Å².